The molecule has 14 heavy (non-hydrogen) atoms. The molecular weight excluding hydrogens is 212 g/mol. The fourth-order valence-corrected chi connectivity index (χ4v) is 2.39. The summed E-state index contributed by atoms with van der Waals surface area (Å²) in [6, 6.07) is 8.14. The molecule has 1 aromatic heterocycles. The van der Waals surface area contributed by atoms with Crippen molar-refractivity contribution in [2.45, 2.75) is 27.2 Å². The topological polar surface area (TPSA) is 0 Å². The van der Waals surface area contributed by atoms with E-state index < -0.39 is 0 Å². The van der Waals surface area contributed by atoms with Crippen LogP contribution >= 0.6 is 22.9 Å². The number of hydrogen-bond donors (Lipinski definition) is 0. The average molecular weight is 227 g/mol. The van der Waals surface area contributed by atoms with Crippen molar-refractivity contribution in [1.82, 2.24) is 0 Å². The van der Waals surface area contributed by atoms with Crippen LogP contribution in [0.25, 0.3) is 10.1 Å². The van der Waals surface area contributed by atoms with Gasteiger partial charge in [-0.3, -0.25) is 0 Å². The maximum absolute atomic E-state index is 5.98. The Morgan fingerprint density at radius 2 is 1.93 bits per heavy atom. The third-order valence-corrected chi connectivity index (χ3v) is 2.98. The second kappa shape index (κ2) is 5.38. The van der Waals surface area contributed by atoms with Crippen molar-refractivity contribution < 1.29 is 0 Å². The third kappa shape index (κ3) is 2.73. The highest BCUT2D eigenvalue weighted by Crippen LogP contribution is 2.30. The Morgan fingerprint density at radius 1 is 1.29 bits per heavy atom. The lowest BCUT2D eigenvalue weighted by Gasteiger charge is -1.89. The predicted octanol–water partition coefficient (Wildman–Crippen LogP) is 5.28. The third-order valence-electron chi connectivity index (χ3n) is 1.63. The van der Waals surface area contributed by atoms with Gasteiger partial charge in [0.1, 0.15) is 0 Å². The van der Waals surface area contributed by atoms with Crippen LogP contribution in [-0.2, 0) is 0 Å². The number of fused-ring (bicyclic) bond motifs is 1. The van der Waals surface area contributed by atoms with E-state index in [-0.39, 0.29) is 0 Å². The number of hydrogen-bond acceptors (Lipinski definition) is 1. The minimum Gasteiger partial charge on any atom is -0.141 e. The van der Waals surface area contributed by atoms with Crippen LogP contribution in [-0.4, -0.2) is 0 Å². The highest BCUT2D eigenvalue weighted by molar-refractivity contribution is 7.19. The summed E-state index contributed by atoms with van der Waals surface area (Å²) in [7, 11) is 0. The molecule has 1 aromatic carbocycles. The first-order valence-electron chi connectivity index (χ1n) is 4.83. The molecule has 0 aliphatic heterocycles. The molecule has 76 valence electrons. The van der Waals surface area contributed by atoms with Crippen molar-refractivity contribution in [3.05, 3.63) is 34.2 Å². The number of aryl methyl sites for hydroxylation is 1. The van der Waals surface area contributed by atoms with Gasteiger partial charge in [0.25, 0.3) is 0 Å². The molecule has 0 spiro atoms. The van der Waals surface area contributed by atoms with Gasteiger partial charge in [0.2, 0.25) is 0 Å². The first-order valence-corrected chi connectivity index (χ1v) is 6.03. The maximum Gasteiger partial charge on any atom is 0.0492 e. The Morgan fingerprint density at radius 3 is 2.50 bits per heavy atom. The molecule has 0 amide bonds. The molecule has 0 saturated carbocycles. The van der Waals surface area contributed by atoms with Crippen molar-refractivity contribution in [2.75, 3.05) is 0 Å². The van der Waals surface area contributed by atoms with E-state index in [2.05, 4.69) is 32.9 Å². The molecule has 0 radical (unpaired) electrons. The molecule has 0 nitrogen and oxygen atoms in total. The Labute approximate surface area is 94.5 Å². The molecule has 2 heteroatoms. The van der Waals surface area contributed by atoms with E-state index in [1.165, 1.54) is 21.4 Å². The van der Waals surface area contributed by atoms with Crippen LogP contribution in [0.2, 0.25) is 5.02 Å². The van der Waals surface area contributed by atoms with Crippen molar-refractivity contribution in [2.24, 2.45) is 0 Å². The van der Waals surface area contributed by atoms with Crippen molar-refractivity contribution in [3.8, 4) is 0 Å². The van der Waals surface area contributed by atoms with Gasteiger partial charge < -0.3 is 0 Å². The molecule has 0 fully saturated rings. The molecule has 0 bridgehead atoms. The van der Waals surface area contributed by atoms with Gasteiger partial charge >= 0.3 is 0 Å². The highest BCUT2D eigenvalue weighted by Gasteiger charge is 2.00. The van der Waals surface area contributed by atoms with Gasteiger partial charge in [-0.25, -0.2) is 0 Å². The number of halogens is 1. The molecule has 2 rings (SSSR count). The molecule has 0 atom stereocenters. The van der Waals surface area contributed by atoms with Gasteiger partial charge in [-0.2, -0.15) is 0 Å². The minimum atomic E-state index is 0.854. The lowest BCUT2D eigenvalue weighted by Crippen LogP contribution is -1.62. The zero-order chi connectivity index (χ0) is 10.6. The largest absolute Gasteiger partial charge is 0.141 e. The normalized spacial score (nSPS) is 9.71. The lowest BCUT2D eigenvalue weighted by atomic mass is 10.2. The van der Waals surface area contributed by atoms with Gasteiger partial charge in [-0.15, -0.1) is 11.3 Å². The number of thiophene rings is 1. The van der Waals surface area contributed by atoms with Gasteiger partial charge in [0.05, 0.1) is 0 Å². The fourth-order valence-electron chi connectivity index (χ4n) is 1.15. The molecule has 0 aliphatic rings. The van der Waals surface area contributed by atoms with Gasteiger partial charge in [0.15, 0.2) is 0 Å². The number of rotatable bonds is 0. The second-order valence-corrected chi connectivity index (χ2v) is 4.91. The summed E-state index contributed by atoms with van der Waals surface area (Å²) >= 11 is 7.76. The average Bonchev–Trinajstić information content (AvgIpc) is 2.48. The second-order valence-electron chi connectivity index (χ2n) is 3.22. The fraction of sp³-hybridized carbons (Fsp3) is 0.333. The summed E-state index contributed by atoms with van der Waals surface area (Å²) in [5.41, 5.74) is 0. The van der Waals surface area contributed by atoms with E-state index in [1.807, 2.05) is 12.1 Å². The standard InChI is InChI=1S/C9H7ClS.C3H8/c1-6-5-7-8(10)3-2-4-9(7)11-6;1-3-2/h2-5H,1H3;3H2,1-2H3. The van der Waals surface area contributed by atoms with E-state index in [9.17, 15) is 0 Å². The summed E-state index contributed by atoms with van der Waals surface area (Å²) in [6.07, 6.45) is 1.25. The smallest absolute Gasteiger partial charge is 0.0492 e. The van der Waals surface area contributed by atoms with Crippen LogP contribution < -0.4 is 0 Å². The van der Waals surface area contributed by atoms with Crippen LogP contribution in [0.4, 0.5) is 0 Å². The highest BCUT2D eigenvalue weighted by atomic mass is 35.5. The van der Waals surface area contributed by atoms with Gasteiger partial charge in [0, 0.05) is 20.0 Å². The SMILES string of the molecule is CCC.Cc1cc2c(Cl)cccc2s1. The first kappa shape index (κ1) is 11.5. The summed E-state index contributed by atoms with van der Waals surface area (Å²) in [6.45, 7) is 6.35. The first-order chi connectivity index (χ1) is 6.69. The van der Waals surface area contributed by atoms with Crippen molar-refractivity contribution >= 4 is 33.0 Å². The molecular formula is C12H15ClS. The lowest BCUT2D eigenvalue weighted by molar-refractivity contribution is 1.09. The molecule has 1 heterocycles. The van der Waals surface area contributed by atoms with E-state index in [1.54, 1.807) is 11.3 Å². The number of benzene rings is 1. The summed E-state index contributed by atoms with van der Waals surface area (Å²) in [5, 5.41) is 2.03. The minimum absolute atomic E-state index is 0.854. The summed E-state index contributed by atoms with van der Waals surface area (Å²) in [4.78, 5) is 1.31. The van der Waals surface area contributed by atoms with Crippen LogP contribution in [0.5, 0.6) is 0 Å². The zero-order valence-electron chi connectivity index (χ0n) is 8.80. The summed E-state index contributed by atoms with van der Waals surface area (Å²) in [5.74, 6) is 0. The molecule has 2 aromatic rings. The molecule has 0 saturated heterocycles. The Hall–Kier alpha value is -0.530. The van der Waals surface area contributed by atoms with E-state index in [0.29, 0.717) is 0 Å². The van der Waals surface area contributed by atoms with Crippen LogP contribution in [0.3, 0.4) is 0 Å². The molecule has 0 N–H and O–H groups in total. The molecule has 0 unspecified atom stereocenters. The van der Waals surface area contributed by atoms with Crippen molar-refractivity contribution in [1.29, 1.82) is 0 Å². The monoisotopic (exact) mass is 226 g/mol. The van der Waals surface area contributed by atoms with Gasteiger partial charge in [-0.05, 0) is 25.1 Å². The van der Waals surface area contributed by atoms with E-state index >= 15 is 0 Å². The van der Waals surface area contributed by atoms with Crippen LogP contribution in [0, 0.1) is 6.92 Å². The zero-order valence-corrected chi connectivity index (χ0v) is 10.4. The van der Waals surface area contributed by atoms with Crippen LogP contribution in [0.15, 0.2) is 24.3 Å². The molecule has 0 aliphatic carbocycles. The van der Waals surface area contributed by atoms with E-state index in [4.69, 9.17) is 11.6 Å². The quantitative estimate of drug-likeness (QED) is 0.574. The van der Waals surface area contributed by atoms with Crippen LogP contribution in [0.1, 0.15) is 25.1 Å². The Kier molecular flexibility index (Phi) is 4.43. The Balaban J connectivity index is 0.000000293. The van der Waals surface area contributed by atoms with Gasteiger partial charge in [-0.1, -0.05) is 37.9 Å². The van der Waals surface area contributed by atoms with E-state index in [0.717, 1.165) is 5.02 Å². The van der Waals surface area contributed by atoms with Crippen molar-refractivity contribution in [3.63, 3.8) is 0 Å². The predicted molar refractivity (Wildman–Crippen MR) is 67.5 cm³/mol. The maximum atomic E-state index is 5.98. The Bertz CT molecular complexity index is 404. The summed E-state index contributed by atoms with van der Waals surface area (Å²) < 4.78 is 1.27.